The third kappa shape index (κ3) is 4.21. The summed E-state index contributed by atoms with van der Waals surface area (Å²) in [7, 11) is 0. The maximum atomic E-state index is 12.1. The topological polar surface area (TPSA) is 32.3 Å². The maximum Gasteiger partial charge on any atom is 0.223 e. The minimum atomic E-state index is 0.345. The van der Waals surface area contributed by atoms with E-state index in [2.05, 4.69) is 26.1 Å². The van der Waals surface area contributed by atoms with Crippen LogP contribution in [0.2, 0.25) is 0 Å². The molecule has 1 heterocycles. The van der Waals surface area contributed by atoms with Crippen LogP contribution in [0.15, 0.2) is 0 Å². The normalized spacial score (nSPS) is 27.9. The van der Waals surface area contributed by atoms with E-state index in [1.165, 1.54) is 38.5 Å². The van der Waals surface area contributed by atoms with Gasteiger partial charge in [-0.15, -0.1) is 0 Å². The Labute approximate surface area is 124 Å². The van der Waals surface area contributed by atoms with Gasteiger partial charge in [-0.05, 0) is 37.0 Å². The van der Waals surface area contributed by atoms with Crippen molar-refractivity contribution in [3.63, 3.8) is 0 Å². The quantitative estimate of drug-likeness (QED) is 0.857. The van der Waals surface area contributed by atoms with Crippen LogP contribution in [0.5, 0.6) is 0 Å². The zero-order chi connectivity index (χ0) is 14.6. The number of amides is 1. The van der Waals surface area contributed by atoms with Crippen LogP contribution >= 0.6 is 0 Å². The molecule has 0 spiro atoms. The summed E-state index contributed by atoms with van der Waals surface area (Å²) < 4.78 is 0. The van der Waals surface area contributed by atoms with Gasteiger partial charge in [-0.1, -0.05) is 33.6 Å². The predicted octanol–water partition coefficient (Wildman–Crippen LogP) is 3.19. The zero-order valence-corrected chi connectivity index (χ0v) is 13.6. The van der Waals surface area contributed by atoms with Crippen molar-refractivity contribution in [1.82, 2.24) is 10.2 Å². The van der Waals surface area contributed by atoms with E-state index in [4.69, 9.17) is 0 Å². The van der Waals surface area contributed by atoms with E-state index in [1.807, 2.05) is 4.90 Å². The fraction of sp³-hybridized carbons (Fsp3) is 0.941. The predicted molar refractivity (Wildman–Crippen MR) is 83.6 cm³/mol. The van der Waals surface area contributed by atoms with Gasteiger partial charge in [0.05, 0.1) is 0 Å². The average molecular weight is 280 g/mol. The molecule has 1 amide bonds. The van der Waals surface area contributed by atoms with Crippen molar-refractivity contribution in [2.45, 2.75) is 71.8 Å². The second-order valence-electron chi connectivity index (χ2n) is 7.66. The smallest absolute Gasteiger partial charge is 0.223 e. The number of rotatable bonds is 4. The molecule has 1 N–H and O–H groups in total. The molecule has 1 saturated carbocycles. The molecule has 0 aromatic heterocycles. The number of nitrogens with zero attached hydrogens (tertiary/aromatic N) is 1. The highest BCUT2D eigenvalue weighted by atomic mass is 16.2. The van der Waals surface area contributed by atoms with Crippen molar-refractivity contribution < 1.29 is 4.79 Å². The first-order valence-corrected chi connectivity index (χ1v) is 8.49. The van der Waals surface area contributed by atoms with Crippen LogP contribution in [-0.2, 0) is 4.79 Å². The number of hydrogen-bond acceptors (Lipinski definition) is 2. The molecule has 0 bridgehead atoms. The van der Waals surface area contributed by atoms with Gasteiger partial charge in [0, 0.05) is 32.1 Å². The van der Waals surface area contributed by atoms with Crippen molar-refractivity contribution in [1.29, 1.82) is 0 Å². The lowest BCUT2D eigenvalue weighted by atomic mass is 9.69. The van der Waals surface area contributed by atoms with Crippen molar-refractivity contribution in [2.75, 3.05) is 19.6 Å². The summed E-state index contributed by atoms with van der Waals surface area (Å²) in [4.78, 5) is 14.1. The molecule has 1 aliphatic carbocycles. The van der Waals surface area contributed by atoms with E-state index >= 15 is 0 Å². The van der Waals surface area contributed by atoms with E-state index < -0.39 is 0 Å². The third-order valence-electron chi connectivity index (χ3n) is 5.08. The minimum absolute atomic E-state index is 0.345. The van der Waals surface area contributed by atoms with Crippen LogP contribution in [0.4, 0.5) is 0 Å². The molecule has 2 aliphatic rings. The van der Waals surface area contributed by atoms with Crippen molar-refractivity contribution in [3.05, 3.63) is 0 Å². The van der Waals surface area contributed by atoms with E-state index in [1.54, 1.807) is 0 Å². The van der Waals surface area contributed by atoms with Crippen LogP contribution in [0.3, 0.4) is 0 Å². The van der Waals surface area contributed by atoms with E-state index in [0.717, 1.165) is 25.6 Å². The van der Waals surface area contributed by atoms with Gasteiger partial charge in [0.1, 0.15) is 0 Å². The Hall–Kier alpha value is -0.570. The molecule has 1 aliphatic heterocycles. The fourth-order valence-electron chi connectivity index (χ4n) is 3.90. The average Bonchev–Trinajstić information content (AvgIpc) is 2.92. The molecule has 20 heavy (non-hydrogen) atoms. The van der Waals surface area contributed by atoms with Gasteiger partial charge in [0.2, 0.25) is 5.91 Å². The Bertz CT molecular complexity index is 315. The number of likely N-dealkylation sites (tertiary alicyclic amines) is 1. The molecular formula is C17H32N2O. The first-order chi connectivity index (χ1) is 9.48. The largest absolute Gasteiger partial charge is 0.343 e. The van der Waals surface area contributed by atoms with Gasteiger partial charge in [-0.3, -0.25) is 4.79 Å². The molecule has 1 saturated heterocycles. The van der Waals surface area contributed by atoms with E-state index in [9.17, 15) is 4.79 Å². The lowest BCUT2D eigenvalue weighted by molar-refractivity contribution is -0.130. The van der Waals surface area contributed by atoms with E-state index in [0.29, 0.717) is 23.8 Å². The van der Waals surface area contributed by atoms with Crippen molar-refractivity contribution in [3.8, 4) is 0 Å². The lowest BCUT2D eigenvalue weighted by Crippen LogP contribution is -2.45. The molecule has 0 aromatic rings. The Balaban J connectivity index is 1.75. The summed E-state index contributed by atoms with van der Waals surface area (Å²) in [6, 6.07) is 0.607. The lowest BCUT2D eigenvalue weighted by Gasteiger charge is -2.41. The van der Waals surface area contributed by atoms with Crippen molar-refractivity contribution in [2.24, 2.45) is 11.3 Å². The highest BCUT2D eigenvalue weighted by Gasteiger charge is 2.33. The first-order valence-electron chi connectivity index (χ1n) is 8.49. The molecule has 3 heteroatoms. The molecule has 2 fully saturated rings. The molecule has 0 aromatic carbocycles. The van der Waals surface area contributed by atoms with Crippen LogP contribution in [0.25, 0.3) is 0 Å². The molecule has 2 atom stereocenters. The monoisotopic (exact) mass is 280 g/mol. The van der Waals surface area contributed by atoms with Gasteiger partial charge < -0.3 is 10.2 Å². The molecule has 0 radical (unpaired) electrons. The minimum Gasteiger partial charge on any atom is -0.343 e. The number of hydrogen-bond donors (Lipinski definition) is 1. The summed E-state index contributed by atoms with van der Waals surface area (Å²) >= 11 is 0. The second kappa shape index (κ2) is 6.93. The van der Waals surface area contributed by atoms with Gasteiger partial charge >= 0.3 is 0 Å². The summed E-state index contributed by atoms with van der Waals surface area (Å²) in [5, 5.41) is 3.69. The Morgan fingerprint density at radius 1 is 1.10 bits per heavy atom. The third-order valence-corrected chi connectivity index (χ3v) is 5.08. The summed E-state index contributed by atoms with van der Waals surface area (Å²) in [6.07, 6.45) is 8.37. The second-order valence-corrected chi connectivity index (χ2v) is 7.66. The zero-order valence-electron chi connectivity index (χ0n) is 13.6. The number of carbonyl (C=O) groups is 1. The molecular weight excluding hydrogens is 248 g/mol. The Kier molecular flexibility index (Phi) is 5.48. The van der Waals surface area contributed by atoms with Gasteiger partial charge in [0.25, 0.3) is 0 Å². The number of nitrogens with one attached hydrogen (secondary N) is 1. The molecule has 2 unspecified atom stereocenters. The number of carbonyl (C=O) groups excluding carboxylic acids is 1. The molecule has 3 nitrogen and oxygen atoms in total. The first kappa shape index (κ1) is 15.8. The SMILES string of the molecule is CC(C)(C)C1CCCCC1NCCC(=O)N1CCCC1. The summed E-state index contributed by atoms with van der Waals surface area (Å²) in [6.45, 7) is 9.87. The van der Waals surface area contributed by atoms with Crippen LogP contribution < -0.4 is 5.32 Å². The Morgan fingerprint density at radius 3 is 2.40 bits per heavy atom. The Morgan fingerprint density at radius 2 is 1.75 bits per heavy atom. The molecule has 116 valence electrons. The van der Waals surface area contributed by atoms with Crippen LogP contribution in [-0.4, -0.2) is 36.5 Å². The highest BCUT2D eigenvalue weighted by Crippen LogP contribution is 2.37. The van der Waals surface area contributed by atoms with Gasteiger partial charge in [0.15, 0.2) is 0 Å². The van der Waals surface area contributed by atoms with Gasteiger partial charge in [-0.25, -0.2) is 0 Å². The van der Waals surface area contributed by atoms with Crippen molar-refractivity contribution >= 4 is 5.91 Å². The summed E-state index contributed by atoms with van der Waals surface area (Å²) in [5.74, 6) is 1.09. The van der Waals surface area contributed by atoms with Crippen LogP contribution in [0.1, 0.15) is 65.7 Å². The highest BCUT2D eigenvalue weighted by molar-refractivity contribution is 5.76. The van der Waals surface area contributed by atoms with Crippen LogP contribution in [0, 0.1) is 11.3 Å². The van der Waals surface area contributed by atoms with Gasteiger partial charge in [-0.2, -0.15) is 0 Å². The summed E-state index contributed by atoms with van der Waals surface area (Å²) in [5.41, 5.74) is 0.372. The van der Waals surface area contributed by atoms with E-state index in [-0.39, 0.29) is 0 Å². The standard InChI is InChI=1S/C17H32N2O/c1-17(2,3)14-8-4-5-9-15(14)18-11-10-16(20)19-12-6-7-13-19/h14-15,18H,4-13H2,1-3H3. The molecule has 2 rings (SSSR count). The maximum absolute atomic E-state index is 12.1. The fourth-order valence-corrected chi connectivity index (χ4v) is 3.90.